The first kappa shape index (κ1) is 16.8. The lowest BCUT2D eigenvalue weighted by Crippen LogP contribution is -2.32. The van der Waals surface area contributed by atoms with Crippen LogP contribution in [0.2, 0.25) is 5.02 Å². The monoisotopic (exact) mass is 380 g/mol. The van der Waals surface area contributed by atoms with Crippen molar-refractivity contribution in [3.63, 3.8) is 0 Å². The van der Waals surface area contributed by atoms with Gasteiger partial charge in [0.15, 0.2) is 0 Å². The first-order valence-corrected chi connectivity index (χ1v) is 8.50. The normalized spacial score (nSPS) is 12.5. The molecule has 1 amide bonds. The summed E-state index contributed by atoms with van der Waals surface area (Å²) in [7, 11) is 0. The molecule has 2 N–H and O–H groups in total. The van der Waals surface area contributed by atoms with Crippen molar-refractivity contribution >= 4 is 58.4 Å². The number of carboxylic acids is 1. The zero-order valence-corrected chi connectivity index (χ0v) is 14.4. The smallest absolute Gasteiger partial charge is 0.335 e. The maximum absolute atomic E-state index is 11.7. The van der Waals surface area contributed by atoms with Gasteiger partial charge in [0, 0.05) is 20.4 Å². The molecule has 0 radical (unpaired) electrons. The molecule has 0 bridgehead atoms. The predicted octanol–water partition coefficient (Wildman–Crippen LogP) is 3.94. The van der Waals surface area contributed by atoms with E-state index in [9.17, 15) is 9.59 Å². The van der Waals surface area contributed by atoms with Crippen molar-refractivity contribution in [2.45, 2.75) is 9.79 Å². The third kappa shape index (κ3) is 3.40. The number of nitrogens with zero attached hydrogens (tertiary/aromatic N) is 1. The second kappa shape index (κ2) is 6.84. The zero-order valence-electron chi connectivity index (χ0n) is 12.0. The van der Waals surface area contributed by atoms with Gasteiger partial charge >= 0.3 is 5.97 Å². The number of hydrogen-bond donors (Lipinski definition) is 2. The van der Waals surface area contributed by atoms with Crippen LogP contribution in [-0.2, 0) is 4.79 Å². The highest BCUT2D eigenvalue weighted by atomic mass is 35.5. The lowest BCUT2D eigenvalue weighted by Gasteiger charge is -2.10. The third-order valence-electron chi connectivity index (χ3n) is 3.23. The fraction of sp³-hybridized carbons (Fsp3) is 0.0625. The summed E-state index contributed by atoms with van der Waals surface area (Å²) in [6.45, 7) is 0. The SMILES string of the molecule is O=C(CCl)NC1=Nc2cc(C(=O)O)ccc2Sc2ccc(Cl)cc21. The van der Waals surface area contributed by atoms with Crippen LogP contribution in [0.4, 0.5) is 5.69 Å². The maximum atomic E-state index is 11.7. The molecule has 2 aromatic rings. The van der Waals surface area contributed by atoms with E-state index in [-0.39, 0.29) is 17.3 Å². The Morgan fingerprint density at radius 1 is 1.17 bits per heavy atom. The van der Waals surface area contributed by atoms with Crippen LogP contribution in [-0.4, -0.2) is 28.7 Å². The number of fused-ring (bicyclic) bond motifs is 2. The van der Waals surface area contributed by atoms with Crippen molar-refractivity contribution < 1.29 is 14.7 Å². The van der Waals surface area contributed by atoms with Crippen molar-refractivity contribution in [3.8, 4) is 0 Å². The molecule has 1 heterocycles. The van der Waals surface area contributed by atoms with Crippen molar-refractivity contribution in [3.05, 3.63) is 52.5 Å². The minimum Gasteiger partial charge on any atom is -0.478 e. The number of alkyl halides is 1. The minimum absolute atomic E-state index is 0.116. The van der Waals surface area contributed by atoms with Gasteiger partial charge in [0.2, 0.25) is 5.91 Å². The van der Waals surface area contributed by atoms with Crippen LogP contribution in [0.1, 0.15) is 15.9 Å². The van der Waals surface area contributed by atoms with E-state index < -0.39 is 11.9 Å². The third-order valence-corrected chi connectivity index (χ3v) is 4.85. The molecule has 3 rings (SSSR count). The highest BCUT2D eigenvalue weighted by Crippen LogP contribution is 2.41. The lowest BCUT2D eigenvalue weighted by atomic mass is 10.2. The summed E-state index contributed by atoms with van der Waals surface area (Å²) in [6.07, 6.45) is 0. The lowest BCUT2D eigenvalue weighted by molar-refractivity contribution is -0.117. The van der Waals surface area contributed by atoms with E-state index >= 15 is 0 Å². The molecule has 0 aromatic heterocycles. The van der Waals surface area contributed by atoms with Crippen LogP contribution in [0, 0.1) is 0 Å². The topological polar surface area (TPSA) is 78.8 Å². The Morgan fingerprint density at radius 2 is 1.92 bits per heavy atom. The molecule has 0 fully saturated rings. The van der Waals surface area contributed by atoms with Crippen molar-refractivity contribution in [2.75, 3.05) is 5.88 Å². The van der Waals surface area contributed by atoms with Gasteiger partial charge in [0.25, 0.3) is 0 Å². The number of carboxylic acid groups (broad SMARTS) is 1. The van der Waals surface area contributed by atoms with Crippen LogP contribution in [0.5, 0.6) is 0 Å². The summed E-state index contributed by atoms with van der Waals surface area (Å²) in [5, 5.41) is 12.3. The van der Waals surface area contributed by atoms with E-state index in [2.05, 4.69) is 10.3 Å². The predicted molar refractivity (Wildman–Crippen MR) is 94.0 cm³/mol. The molecule has 5 nitrogen and oxygen atoms in total. The molecule has 1 aliphatic heterocycles. The van der Waals surface area contributed by atoms with Gasteiger partial charge in [0.1, 0.15) is 11.7 Å². The highest BCUT2D eigenvalue weighted by Gasteiger charge is 2.20. The molecular formula is C16H10Cl2N2O3S. The number of amidine groups is 1. The standard InChI is InChI=1S/C16H10Cl2N2O3S/c17-7-14(21)20-15-10-6-9(18)2-4-12(10)24-13-3-1-8(16(22)23)5-11(13)19-15/h1-6H,7H2,(H,22,23)(H,19,20,21). The van der Waals surface area contributed by atoms with E-state index in [4.69, 9.17) is 28.3 Å². The van der Waals surface area contributed by atoms with Gasteiger partial charge < -0.3 is 10.4 Å². The Balaban J connectivity index is 2.18. The molecule has 24 heavy (non-hydrogen) atoms. The average Bonchev–Trinajstić information content (AvgIpc) is 2.70. The second-order valence-corrected chi connectivity index (χ2v) is 6.66. The second-order valence-electron chi connectivity index (χ2n) is 4.87. The van der Waals surface area contributed by atoms with E-state index in [1.54, 1.807) is 18.2 Å². The molecule has 1 aliphatic rings. The van der Waals surface area contributed by atoms with E-state index in [1.165, 1.54) is 23.9 Å². The number of carbonyl (C=O) groups is 2. The summed E-state index contributed by atoms with van der Waals surface area (Å²) in [6, 6.07) is 9.93. The number of rotatable bonds is 2. The fourth-order valence-corrected chi connectivity index (χ4v) is 3.38. The molecule has 8 heteroatoms. The molecule has 0 aliphatic carbocycles. The number of aromatic carboxylic acids is 1. The van der Waals surface area contributed by atoms with Crippen LogP contribution in [0.3, 0.4) is 0 Å². The first-order valence-electron chi connectivity index (χ1n) is 6.77. The number of nitrogens with one attached hydrogen (secondary N) is 1. The van der Waals surface area contributed by atoms with Crippen molar-refractivity contribution in [1.82, 2.24) is 5.32 Å². The van der Waals surface area contributed by atoms with E-state index in [0.29, 0.717) is 16.3 Å². The number of amides is 1. The molecule has 0 saturated heterocycles. The van der Waals surface area contributed by atoms with E-state index in [0.717, 1.165) is 9.79 Å². The van der Waals surface area contributed by atoms with Gasteiger partial charge in [-0.25, -0.2) is 9.79 Å². The average molecular weight is 381 g/mol. The van der Waals surface area contributed by atoms with Gasteiger partial charge in [-0.2, -0.15) is 0 Å². The molecule has 0 spiro atoms. The summed E-state index contributed by atoms with van der Waals surface area (Å²) in [5.41, 5.74) is 1.22. The number of carbonyl (C=O) groups excluding carboxylic acids is 1. The molecule has 0 unspecified atom stereocenters. The van der Waals surface area contributed by atoms with Gasteiger partial charge in [-0.05, 0) is 36.4 Å². The summed E-state index contributed by atoms with van der Waals surface area (Å²) < 4.78 is 0. The molecule has 0 atom stereocenters. The minimum atomic E-state index is -1.05. The number of hydrogen-bond acceptors (Lipinski definition) is 4. The zero-order chi connectivity index (χ0) is 17.3. The number of benzene rings is 2. The molecule has 0 saturated carbocycles. The Kier molecular flexibility index (Phi) is 4.80. The Labute approximate surface area is 151 Å². The summed E-state index contributed by atoms with van der Waals surface area (Å²) >= 11 is 13.0. The maximum Gasteiger partial charge on any atom is 0.335 e. The van der Waals surface area contributed by atoms with Crippen LogP contribution in [0.25, 0.3) is 0 Å². The summed E-state index contributed by atoms with van der Waals surface area (Å²) in [5.74, 6) is -1.39. The van der Waals surface area contributed by atoms with E-state index in [1.807, 2.05) is 6.07 Å². The van der Waals surface area contributed by atoms with Gasteiger partial charge in [-0.15, -0.1) is 11.6 Å². The Hall–Kier alpha value is -2.02. The van der Waals surface area contributed by atoms with Crippen LogP contribution < -0.4 is 5.32 Å². The largest absolute Gasteiger partial charge is 0.478 e. The fourth-order valence-electron chi connectivity index (χ4n) is 2.16. The molecule has 122 valence electrons. The Morgan fingerprint density at radius 3 is 2.62 bits per heavy atom. The summed E-state index contributed by atoms with van der Waals surface area (Å²) in [4.78, 5) is 29.0. The van der Waals surface area contributed by atoms with Crippen LogP contribution >= 0.6 is 35.0 Å². The van der Waals surface area contributed by atoms with Crippen molar-refractivity contribution in [1.29, 1.82) is 0 Å². The Bertz CT molecular complexity index is 884. The van der Waals surface area contributed by atoms with Gasteiger partial charge in [0.05, 0.1) is 11.3 Å². The quantitative estimate of drug-likeness (QED) is 0.773. The highest BCUT2D eigenvalue weighted by molar-refractivity contribution is 7.99. The van der Waals surface area contributed by atoms with Crippen LogP contribution in [0.15, 0.2) is 51.2 Å². The number of aliphatic imine (C=N–C) groups is 1. The number of halogens is 2. The molecule has 2 aromatic carbocycles. The van der Waals surface area contributed by atoms with Gasteiger partial charge in [-0.1, -0.05) is 23.4 Å². The molecular weight excluding hydrogens is 371 g/mol. The van der Waals surface area contributed by atoms with Gasteiger partial charge in [-0.3, -0.25) is 4.79 Å². The first-order chi connectivity index (χ1) is 11.5. The van der Waals surface area contributed by atoms with Crippen molar-refractivity contribution in [2.24, 2.45) is 4.99 Å².